The van der Waals surface area contributed by atoms with E-state index in [1.807, 2.05) is 6.92 Å². The lowest BCUT2D eigenvalue weighted by molar-refractivity contribution is -0.149. The van der Waals surface area contributed by atoms with Crippen molar-refractivity contribution in [2.45, 2.75) is 26.2 Å². The minimum Gasteiger partial charge on any atom is -0.504 e. The summed E-state index contributed by atoms with van der Waals surface area (Å²) in [5, 5.41) is 9.75. The molecule has 1 heterocycles. The predicted molar refractivity (Wildman–Crippen MR) is 99.1 cm³/mol. The van der Waals surface area contributed by atoms with Gasteiger partial charge in [0.1, 0.15) is 0 Å². The Kier molecular flexibility index (Phi) is 7.66. The standard InChI is InChI=1S/C20H27NO5/c1-3-26-20(24)16-5-4-11-21(14-16)12-10-17(22)8-6-15-7-9-19(25-2)18(23)13-15/h6-9,13,16,23H,3-5,10-12,14H2,1-2H3/b8-6+. The van der Waals surface area contributed by atoms with Gasteiger partial charge < -0.3 is 19.5 Å². The molecule has 0 amide bonds. The van der Waals surface area contributed by atoms with Gasteiger partial charge in [-0.2, -0.15) is 0 Å². The Morgan fingerprint density at radius 2 is 2.19 bits per heavy atom. The number of likely N-dealkylation sites (tertiary alicyclic amines) is 1. The molecule has 0 bridgehead atoms. The molecule has 1 saturated heterocycles. The van der Waals surface area contributed by atoms with Crippen LogP contribution in [0.1, 0.15) is 31.7 Å². The number of nitrogens with zero attached hydrogens (tertiary/aromatic N) is 1. The quantitative estimate of drug-likeness (QED) is 0.567. The van der Waals surface area contributed by atoms with Crippen LogP contribution in [0.15, 0.2) is 24.3 Å². The molecular formula is C20H27NO5. The first-order valence-electron chi connectivity index (χ1n) is 9.00. The number of ketones is 1. The van der Waals surface area contributed by atoms with Gasteiger partial charge in [0.2, 0.25) is 0 Å². The number of hydrogen-bond acceptors (Lipinski definition) is 6. The number of methoxy groups -OCH3 is 1. The summed E-state index contributed by atoms with van der Waals surface area (Å²) in [7, 11) is 1.49. The zero-order valence-electron chi connectivity index (χ0n) is 15.4. The van der Waals surface area contributed by atoms with Gasteiger partial charge in [-0.3, -0.25) is 9.59 Å². The summed E-state index contributed by atoms with van der Waals surface area (Å²) in [4.78, 5) is 26.1. The van der Waals surface area contributed by atoms with Gasteiger partial charge in [-0.15, -0.1) is 0 Å². The molecular weight excluding hydrogens is 334 g/mol. The van der Waals surface area contributed by atoms with E-state index in [9.17, 15) is 14.7 Å². The minimum absolute atomic E-state index is 0.0126. The lowest BCUT2D eigenvalue weighted by atomic mass is 9.98. The number of piperidine rings is 1. The van der Waals surface area contributed by atoms with Gasteiger partial charge in [0.15, 0.2) is 17.3 Å². The van der Waals surface area contributed by atoms with E-state index in [1.165, 1.54) is 13.2 Å². The zero-order valence-corrected chi connectivity index (χ0v) is 15.4. The van der Waals surface area contributed by atoms with Crippen molar-refractivity contribution in [3.63, 3.8) is 0 Å². The zero-order chi connectivity index (χ0) is 18.9. The number of carbonyl (C=O) groups is 2. The lowest BCUT2D eigenvalue weighted by Gasteiger charge is -2.31. The maximum atomic E-state index is 12.1. The number of phenolic OH excluding ortho intramolecular Hbond substituents is 1. The van der Waals surface area contributed by atoms with E-state index in [2.05, 4.69) is 4.90 Å². The molecule has 0 aliphatic carbocycles. The number of hydrogen-bond donors (Lipinski definition) is 1. The van der Waals surface area contributed by atoms with Gasteiger partial charge >= 0.3 is 5.97 Å². The van der Waals surface area contributed by atoms with Crippen molar-refractivity contribution in [1.82, 2.24) is 4.90 Å². The number of allylic oxidation sites excluding steroid dienone is 1. The summed E-state index contributed by atoms with van der Waals surface area (Å²) < 4.78 is 10.1. The molecule has 1 aliphatic rings. The molecule has 6 heteroatoms. The van der Waals surface area contributed by atoms with Crippen LogP contribution in [0.5, 0.6) is 11.5 Å². The Bertz CT molecular complexity index is 656. The smallest absolute Gasteiger partial charge is 0.310 e. The van der Waals surface area contributed by atoms with Crippen LogP contribution >= 0.6 is 0 Å². The highest BCUT2D eigenvalue weighted by molar-refractivity contribution is 5.93. The van der Waals surface area contributed by atoms with Crippen molar-refractivity contribution in [2.24, 2.45) is 5.92 Å². The van der Waals surface area contributed by atoms with Crippen molar-refractivity contribution in [3.8, 4) is 11.5 Å². The number of carbonyl (C=O) groups excluding carboxylic acids is 2. The van der Waals surface area contributed by atoms with Crippen molar-refractivity contribution in [1.29, 1.82) is 0 Å². The molecule has 0 aromatic heterocycles. The van der Waals surface area contributed by atoms with Crippen molar-refractivity contribution >= 4 is 17.8 Å². The number of benzene rings is 1. The Balaban J connectivity index is 1.81. The van der Waals surface area contributed by atoms with E-state index in [1.54, 1.807) is 24.3 Å². The number of aromatic hydroxyl groups is 1. The molecule has 0 radical (unpaired) electrons. The monoisotopic (exact) mass is 361 g/mol. The van der Waals surface area contributed by atoms with Gasteiger partial charge in [-0.1, -0.05) is 12.1 Å². The van der Waals surface area contributed by atoms with Crippen LogP contribution in [0.25, 0.3) is 6.08 Å². The SMILES string of the molecule is CCOC(=O)C1CCCN(CCC(=O)/C=C/c2ccc(OC)c(O)c2)C1. The van der Waals surface area contributed by atoms with Crippen LogP contribution < -0.4 is 4.74 Å². The topological polar surface area (TPSA) is 76.1 Å². The van der Waals surface area contributed by atoms with Gasteiger partial charge in [-0.05, 0) is 50.1 Å². The summed E-state index contributed by atoms with van der Waals surface area (Å²) in [5.41, 5.74) is 0.733. The fourth-order valence-electron chi connectivity index (χ4n) is 3.06. The van der Waals surface area contributed by atoms with Crippen LogP contribution in [-0.2, 0) is 14.3 Å². The lowest BCUT2D eigenvalue weighted by Crippen LogP contribution is -2.40. The second-order valence-corrected chi connectivity index (χ2v) is 6.37. The van der Waals surface area contributed by atoms with E-state index in [-0.39, 0.29) is 23.4 Å². The molecule has 6 nitrogen and oxygen atoms in total. The second kappa shape index (κ2) is 9.97. The molecule has 1 aromatic carbocycles. The van der Waals surface area contributed by atoms with Crippen molar-refractivity contribution in [3.05, 3.63) is 29.8 Å². The Hall–Kier alpha value is -2.34. The summed E-state index contributed by atoms with van der Waals surface area (Å²) in [5.74, 6) is 0.230. The fourth-order valence-corrected chi connectivity index (χ4v) is 3.06. The largest absolute Gasteiger partial charge is 0.504 e. The molecule has 2 rings (SSSR count). The van der Waals surface area contributed by atoms with E-state index in [0.29, 0.717) is 31.9 Å². The normalized spacial score (nSPS) is 18.0. The second-order valence-electron chi connectivity index (χ2n) is 6.37. The molecule has 1 aliphatic heterocycles. The Morgan fingerprint density at radius 1 is 1.38 bits per heavy atom. The number of phenols is 1. The summed E-state index contributed by atoms with van der Waals surface area (Å²) >= 11 is 0. The number of ether oxygens (including phenoxy) is 2. The molecule has 142 valence electrons. The number of esters is 1. The van der Waals surface area contributed by atoms with Gasteiger partial charge in [0.25, 0.3) is 0 Å². The number of rotatable bonds is 8. The summed E-state index contributed by atoms with van der Waals surface area (Å²) in [6, 6.07) is 4.98. The Morgan fingerprint density at radius 3 is 2.88 bits per heavy atom. The molecule has 26 heavy (non-hydrogen) atoms. The Labute approximate surface area is 154 Å². The fraction of sp³-hybridized carbons (Fsp3) is 0.500. The van der Waals surface area contributed by atoms with E-state index in [0.717, 1.165) is 24.9 Å². The van der Waals surface area contributed by atoms with E-state index < -0.39 is 0 Å². The van der Waals surface area contributed by atoms with E-state index >= 15 is 0 Å². The highest BCUT2D eigenvalue weighted by atomic mass is 16.5. The molecule has 0 spiro atoms. The highest BCUT2D eigenvalue weighted by Crippen LogP contribution is 2.26. The van der Waals surface area contributed by atoms with Gasteiger partial charge in [-0.25, -0.2) is 0 Å². The highest BCUT2D eigenvalue weighted by Gasteiger charge is 2.26. The predicted octanol–water partition coefficient (Wildman–Crippen LogP) is 2.65. The van der Waals surface area contributed by atoms with Crippen LogP contribution in [0.2, 0.25) is 0 Å². The molecule has 0 saturated carbocycles. The third-order valence-corrected chi connectivity index (χ3v) is 4.46. The third-order valence-electron chi connectivity index (χ3n) is 4.46. The first-order chi connectivity index (χ1) is 12.5. The third kappa shape index (κ3) is 5.88. The van der Waals surface area contributed by atoms with E-state index in [4.69, 9.17) is 9.47 Å². The molecule has 1 atom stereocenters. The van der Waals surface area contributed by atoms with Crippen LogP contribution in [-0.4, -0.2) is 55.1 Å². The van der Waals surface area contributed by atoms with Crippen molar-refractivity contribution < 1.29 is 24.2 Å². The maximum absolute atomic E-state index is 12.1. The average molecular weight is 361 g/mol. The molecule has 1 unspecified atom stereocenters. The molecule has 1 N–H and O–H groups in total. The van der Waals surface area contributed by atoms with Gasteiger partial charge in [0, 0.05) is 19.5 Å². The van der Waals surface area contributed by atoms with Crippen LogP contribution in [0, 0.1) is 5.92 Å². The first kappa shape index (κ1) is 20.0. The first-order valence-corrected chi connectivity index (χ1v) is 9.00. The van der Waals surface area contributed by atoms with Crippen LogP contribution in [0.3, 0.4) is 0 Å². The van der Waals surface area contributed by atoms with Crippen molar-refractivity contribution in [2.75, 3.05) is 33.4 Å². The van der Waals surface area contributed by atoms with Gasteiger partial charge in [0.05, 0.1) is 19.6 Å². The molecule has 1 fully saturated rings. The minimum atomic E-state index is -0.136. The average Bonchev–Trinajstić information content (AvgIpc) is 2.65. The summed E-state index contributed by atoms with van der Waals surface area (Å²) in [6.45, 7) is 4.40. The maximum Gasteiger partial charge on any atom is 0.310 e. The van der Waals surface area contributed by atoms with Crippen LogP contribution in [0.4, 0.5) is 0 Å². The summed E-state index contributed by atoms with van der Waals surface area (Å²) in [6.07, 6.45) is 5.39. The molecule has 1 aromatic rings.